The minimum Gasteiger partial charge on any atom is -0.450 e. The molecular formula is C16H23N3O4. The summed E-state index contributed by atoms with van der Waals surface area (Å²) in [6.07, 6.45) is -0.443. The monoisotopic (exact) mass is 321 g/mol. The number of rotatable bonds is 3. The van der Waals surface area contributed by atoms with Crippen molar-refractivity contribution in [3.8, 4) is 0 Å². The summed E-state index contributed by atoms with van der Waals surface area (Å²) in [5.41, 5.74) is 1.27. The van der Waals surface area contributed by atoms with Gasteiger partial charge >= 0.3 is 12.1 Å². The molecule has 0 unspecified atom stereocenters. The van der Waals surface area contributed by atoms with Crippen LogP contribution in [0.15, 0.2) is 24.3 Å². The molecule has 1 aromatic rings. The predicted octanol–water partition coefficient (Wildman–Crippen LogP) is 2.90. The van der Waals surface area contributed by atoms with Crippen LogP contribution in [-0.4, -0.2) is 48.9 Å². The molecule has 1 aromatic carbocycles. The lowest BCUT2D eigenvalue weighted by atomic mass is 10.2. The summed E-state index contributed by atoms with van der Waals surface area (Å²) >= 11 is 0. The van der Waals surface area contributed by atoms with Crippen molar-refractivity contribution in [2.45, 2.75) is 33.0 Å². The third-order valence-corrected chi connectivity index (χ3v) is 3.36. The Kier molecular flexibility index (Phi) is 5.81. The molecule has 7 nitrogen and oxygen atoms in total. The van der Waals surface area contributed by atoms with Gasteiger partial charge in [-0.1, -0.05) is 0 Å². The van der Waals surface area contributed by atoms with Crippen LogP contribution in [0.3, 0.4) is 0 Å². The Hall–Kier alpha value is -2.28. The molecule has 3 amide bonds. The minimum absolute atomic E-state index is 0.0284. The Morgan fingerprint density at radius 3 is 2.17 bits per heavy atom. The molecule has 0 spiro atoms. The van der Waals surface area contributed by atoms with Gasteiger partial charge in [-0.3, -0.25) is 5.32 Å². The van der Waals surface area contributed by atoms with Crippen LogP contribution < -0.4 is 10.6 Å². The van der Waals surface area contributed by atoms with Gasteiger partial charge in [0.1, 0.15) is 0 Å². The number of carbonyl (C=O) groups is 2. The molecule has 0 bridgehead atoms. The number of nitrogens with one attached hydrogen (secondary N) is 2. The van der Waals surface area contributed by atoms with E-state index in [0.717, 1.165) is 0 Å². The molecule has 7 heteroatoms. The summed E-state index contributed by atoms with van der Waals surface area (Å²) in [6.45, 7) is 7.09. The van der Waals surface area contributed by atoms with Gasteiger partial charge in [0.25, 0.3) is 0 Å². The smallest absolute Gasteiger partial charge is 0.411 e. The Balaban J connectivity index is 1.90. The largest absolute Gasteiger partial charge is 0.450 e. The van der Waals surface area contributed by atoms with E-state index in [1.165, 1.54) is 0 Å². The number of ether oxygens (including phenoxy) is 2. The third-order valence-electron chi connectivity index (χ3n) is 3.36. The molecule has 2 N–H and O–H groups in total. The van der Waals surface area contributed by atoms with Gasteiger partial charge < -0.3 is 19.7 Å². The Labute approximate surface area is 135 Å². The van der Waals surface area contributed by atoms with E-state index in [2.05, 4.69) is 10.6 Å². The maximum absolute atomic E-state index is 12.3. The first-order chi connectivity index (χ1) is 11.0. The van der Waals surface area contributed by atoms with E-state index in [9.17, 15) is 9.59 Å². The SMILES string of the molecule is CCOC(=O)Nc1ccc(NC(=O)N2C[C@@H](C)O[C@@H](C)C2)cc1. The van der Waals surface area contributed by atoms with Crippen LogP contribution in [-0.2, 0) is 9.47 Å². The highest BCUT2D eigenvalue weighted by atomic mass is 16.5. The molecule has 1 fully saturated rings. The number of nitrogens with zero attached hydrogens (tertiary/aromatic N) is 1. The standard InChI is InChI=1S/C16H23N3O4/c1-4-22-16(21)18-14-7-5-13(6-8-14)17-15(20)19-9-11(2)23-12(3)10-19/h5-8,11-12H,4,9-10H2,1-3H3,(H,17,20)(H,18,21)/t11-,12+. The number of hydrogen-bond acceptors (Lipinski definition) is 4. The fourth-order valence-electron chi connectivity index (χ4n) is 2.47. The van der Waals surface area contributed by atoms with Crippen molar-refractivity contribution in [2.75, 3.05) is 30.3 Å². The molecule has 2 atom stereocenters. The number of carbonyl (C=O) groups excluding carboxylic acids is 2. The summed E-state index contributed by atoms with van der Waals surface area (Å²) < 4.78 is 10.4. The van der Waals surface area contributed by atoms with E-state index in [-0.39, 0.29) is 18.2 Å². The normalized spacial score (nSPS) is 20.7. The van der Waals surface area contributed by atoms with Crippen molar-refractivity contribution in [3.63, 3.8) is 0 Å². The molecule has 1 heterocycles. The number of hydrogen-bond donors (Lipinski definition) is 2. The molecule has 0 aromatic heterocycles. The van der Waals surface area contributed by atoms with Crippen molar-refractivity contribution in [3.05, 3.63) is 24.3 Å². The molecule has 126 valence electrons. The van der Waals surface area contributed by atoms with Crippen LogP contribution in [0.1, 0.15) is 20.8 Å². The molecule has 23 heavy (non-hydrogen) atoms. The lowest BCUT2D eigenvalue weighted by Crippen LogP contribution is -2.49. The van der Waals surface area contributed by atoms with Crippen LogP contribution in [0.2, 0.25) is 0 Å². The molecule has 1 aliphatic rings. The highest BCUT2D eigenvalue weighted by Gasteiger charge is 2.25. The van der Waals surface area contributed by atoms with Gasteiger partial charge in [-0.05, 0) is 45.0 Å². The molecule has 1 saturated heterocycles. The lowest BCUT2D eigenvalue weighted by molar-refractivity contribution is -0.0530. The minimum atomic E-state index is -0.499. The van der Waals surface area contributed by atoms with Gasteiger partial charge in [0, 0.05) is 24.5 Å². The van der Waals surface area contributed by atoms with Gasteiger partial charge in [-0.25, -0.2) is 9.59 Å². The zero-order valence-electron chi connectivity index (χ0n) is 13.7. The second kappa shape index (κ2) is 7.82. The number of morpholine rings is 1. The fourth-order valence-corrected chi connectivity index (χ4v) is 2.47. The van der Waals surface area contributed by atoms with Crippen LogP contribution in [0.4, 0.5) is 21.0 Å². The Morgan fingerprint density at radius 2 is 1.65 bits per heavy atom. The third kappa shape index (κ3) is 5.14. The second-order valence-electron chi connectivity index (χ2n) is 5.52. The zero-order chi connectivity index (χ0) is 16.8. The molecule has 2 rings (SSSR count). The van der Waals surface area contributed by atoms with Gasteiger partial charge in [-0.15, -0.1) is 0 Å². The summed E-state index contributed by atoms with van der Waals surface area (Å²) in [5.74, 6) is 0. The number of anilines is 2. The maximum Gasteiger partial charge on any atom is 0.411 e. The van der Waals surface area contributed by atoms with Crippen LogP contribution in [0.25, 0.3) is 0 Å². The van der Waals surface area contributed by atoms with E-state index in [1.807, 2.05) is 13.8 Å². The maximum atomic E-state index is 12.3. The van der Waals surface area contributed by atoms with E-state index in [1.54, 1.807) is 36.1 Å². The molecule has 1 aliphatic heterocycles. The first kappa shape index (κ1) is 17.1. The number of urea groups is 1. The second-order valence-corrected chi connectivity index (χ2v) is 5.52. The average Bonchev–Trinajstić information content (AvgIpc) is 2.48. The van der Waals surface area contributed by atoms with Crippen molar-refractivity contribution in [1.82, 2.24) is 4.90 Å². The lowest BCUT2D eigenvalue weighted by Gasteiger charge is -2.35. The summed E-state index contributed by atoms with van der Waals surface area (Å²) in [6, 6.07) is 6.71. The highest BCUT2D eigenvalue weighted by Crippen LogP contribution is 2.16. The summed E-state index contributed by atoms with van der Waals surface area (Å²) in [4.78, 5) is 25.3. The van der Waals surface area contributed by atoms with Crippen molar-refractivity contribution in [2.24, 2.45) is 0 Å². The quantitative estimate of drug-likeness (QED) is 0.897. The molecule has 0 aliphatic carbocycles. The Bertz CT molecular complexity index is 537. The number of benzene rings is 1. The van der Waals surface area contributed by atoms with Gasteiger partial charge in [0.15, 0.2) is 0 Å². The van der Waals surface area contributed by atoms with E-state index < -0.39 is 6.09 Å². The zero-order valence-corrected chi connectivity index (χ0v) is 13.7. The van der Waals surface area contributed by atoms with Crippen molar-refractivity contribution >= 4 is 23.5 Å². The van der Waals surface area contributed by atoms with E-state index in [4.69, 9.17) is 9.47 Å². The topological polar surface area (TPSA) is 79.9 Å². The van der Waals surface area contributed by atoms with Crippen LogP contribution in [0.5, 0.6) is 0 Å². The molecule has 0 saturated carbocycles. The van der Waals surface area contributed by atoms with Gasteiger partial charge in [0.05, 0.1) is 18.8 Å². The van der Waals surface area contributed by atoms with Crippen LogP contribution >= 0.6 is 0 Å². The molecule has 0 radical (unpaired) electrons. The van der Waals surface area contributed by atoms with E-state index in [0.29, 0.717) is 31.1 Å². The van der Waals surface area contributed by atoms with Gasteiger partial charge in [-0.2, -0.15) is 0 Å². The van der Waals surface area contributed by atoms with Crippen molar-refractivity contribution in [1.29, 1.82) is 0 Å². The highest BCUT2D eigenvalue weighted by molar-refractivity contribution is 5.90. The summed E-state index contributed by atoms with van der Waals surface area (Å²) in [7, 11) is 0. The predicted molar refractivity (Wildman–Crippen MR) is 87.7 cm³/mol. The fraction of sp³-hybridized carbons (Fsp3) is 0.500. The first-order valence-corrected chi connectivity index (χ1v) is 7.73. The van der Waals surface area contributed by atoms with E-state index >= 15 is 0 Å². The Morgan fingerprint density at radius 1 is 1.13 bits per heavy atom. The number of amides is 3. The first-order valence-electron chi connectivity index (χ1n) is 7.73. The van der Waals surface area contributed by atoms with Crippen molar-refractivity contribution < 1.29 is 19.1 Å². The molecular weight excluding hydrogens is 298 g/mol. The van der Waals surface area contributed by atoms with Crippen LogP contribution in [0, 0.1) is 0 Å². The van der Waals surface area contributed by atoms with Gasteiger partial charge in [0.2, 0.25) is 0 Å². The average molecular weight is 321 g/mol. The summed E-state index contributed by atoms with van der Waals surface area (Å²) in [5, 5.41) is 5.44.